The number of hydrogen-bond donors (Lipinski definition) is 1. The minimum absolute atomic E-state index is 0.334. The maximum atomic E-state index is 12.5. The average molecular weight is 486 g/mol. The van der Waals surface area contributed by atoms with Crippen molar-refractivity contribution in [2.75, 3.05) is 19.5 Å². The van der Waals surface area contributed by atoms with Gasteiger partial charge in [-0.3, -0.25) is 4.79 Å². The van der Waals surface area contributed by atoms with Crippen molar-refractivity contribution in [1.29, 1.82) is 0 Å². The van der Waals surface area contributed by atoms with Gasteiger partial charge in [-0.2, -0.15) is 0 Å². The molecular weight excluding hydrogens is 466 g/mol. The second kappa shape index (κ2) is 9.73. The number of thiophene rings is 1. The van der Waals surface area contributed by atoms with E-state index < -0.39 is 5.97 Å². The van der Waals surface area contributed by atoms with E-state index in [1.165, 1.54) is 24.5 Å². The second-order valence-corrected chi connectivity index (χ2v) is 8.47. The molecule has 0 aliphatic carbocycles. The monoisotopic (exact) mass is 485 g/mol. The molecule has 0 saturated heterocycles. The SMILES string of the molecule is COC(=O)c1c(NC(=O)/C=C/c2ccc(OC)cc2)sc(C)c1-c1ccc(Br)cc1. The molecule has 7 heteroatoms. The molecule has 0 saturated carbocycles. The molecular formula is C23H20BrNO4S. The lowest BCUT2D eigenvalue weighted by molar-refractivity contribution is -0.111. The Kier molecular flexibility index (Phi) is 7.07. The fraction of sp³-hybridized carbons (Fsp3) is 0.130. The average Bonchev–Trinajstić information content (AvgIpc) is 3.08. The molecule has 2 aromatic carbocycles. The zero-order valence-electron chi connectivity index (χ0n) is 16.7. The van der Waals surface area contributed by atoms with Gasteiger partial charge in [0, 0.05) is 21.0 Å². The topological polar surface area (TPSA) is 64.6 Å². The van der Waals surface area contributed by atoms with Crippen LogP contribution in [0, 0.1) is 6.92 Å². The van der Waals surface area contributed by atoms with Gasteiger partial charge in [-0.25, -0.2) is 4.79 Å². The Morgan fingerprint density at radius 3 is 2.30 bits per heavy atom. The van der Waals surface area contributed by atoms with Gasteiger partial charge in [0.05, 0.1) is 14.2 Å². The minimum Gasteiger partial charge on any atom is -0.497 e. The molecule has 30 heavy (non-hydrogen) atoms. The molecule has 3 rings (SSSR count). The van der Waals surface area contributed by atoms with Crippen LogP contribution in [0.15, 0.2) is 59.1 Å². The molecule has 1 N–H and O–H groups in total. The van der Waals surface area contributed by atoms with Crippen LogP contribution in [0.1, 0.15) is 20.8 Å². The molecule has 0 atom stereocenters. The van der Waals surface area contributed by atoms with Crippen LogP contribution in [0.5, 0.6) is 5.75 Å². The molecule has 0 radical (unpaired) electrons. The second-order valence-electron chi connectivity index (χ2n) is 6.33. The summed E-state index contributed by atoms with van der Waals surface area (Å²) in [6, 6.07) is 15.0. The number of amides is 1. The number of carbonyl (C=O) groups excluding carboxylic acids is 2. The fourth-order valence-corrected chi connectivity index (χ4v) is 4.27. The van der Waals surface area contributed by atoms with Gasteiger partial charge in [-0.15, -0.1) is 11.3 Å². The molecule has 5 nitrogen and oxygen atoms in total. The third-order valence-corrected chi connectivity index (χ3v) is 5.94. The summed E-state index contributed by atoms with van der Waals surface area (Å²) in [5.41, 5.74) is 2.85. The van der Waals surface area contributed by atoms with Crippen LogP contribution >= 0.6 is 27.3 Å². The Morgan fingerprint density at radius 1 is 1.03 bits per heavy atom. The first-order chi connectivity index (χ1) is 14.4. The molecule has 0 fully saturated rings. The van der Waals surface area contributed by atoms with E-state index >= 15 is 0 Å². The van der Waals surface area contributed by atoms with Crippen molar-refractivity contribution in [3.63, 3.8) is 0 Å². The minimum atomic E-state index is -0.494. The summed E-state index contributed by atoms with van der Waals surface area (Å²) in [6.45, 7) is 1.91. The maximum Gasteiger partial charge on any atom is 0.341 e. The largest absolute Gasteiger partial charge is 0.497 e. The normalized spacial score (nSPS) is 10.8. The van der Waals surface area contributed by atoms with Gasteiger partial charge >= 0.3 is 5.97 Å². The van der Waals surface area contributed by atoms with Crippen LogP contribution in [0.25, 0.3) is 17.2 Å². The molecule has 3 aromatic rings. The van der Waals surface area contributed by atoms with Gasteiger partial charge in [-0.1, -0.05) is 40.2 Å². The maximum absolute atomic E-state index is 12.5. The molecule has 0 spiro atoms. The summed E-state index contributed by atoms with van der Waals surface area (Å²) in [6.07, 6.45) is 3.12. The van der Waals surface area contributed by atoms with Crippen molar-refractivity contribution < 1.29 is 19.1 Å². The number of aryl methyl sites for hydroxylation is 1. The molecule has 1 heterocycles. The van der Waals surface area contributed by atoms with Gasteiger partial charge in [0.2, 0.25) is 5.91 Å². The van der Waals surface area contributed by atoms with E-state index in [-0.39, 0.29) is 5.91 Å². The lowest BCUT2D eigenvalue weighted by atomic mass is 10.0. The highest BCUT2D eigenvalue weighted by atomic mass is 79.9. The number of esters is 1. The molecule has 1 amide bonds. The zero-order valence-corrected chi connectivity index (χ0v) is 19.1. The highest BCUT2D eigenvalue weighted by Gasteiger charge is 2.24. The van der Waals surface area contributed by atoms with Crippen molar-refractivity contribution in [3.05, 3.63) is 75.1 Å². The van der Waals surface area contributed by atoms with Crippen molar-refractivity contribution in [1.82, 2.24) is 0 Å². The highest BCUT2D eigenvalue weighted by molar-refractivity contribution is 9.10. The summed E-state index contributed by atoms with van der Waals surface area (Å²) < 4.78 is 11.1. The summed E-state index contributed by atoms with van der Waals surface area (Å²) in [5, 5.41) is 3.28. The van der Waals surface area contributed by atoms with Crippen LogP contribution < -0.4 is 10.1 Å². The van der Waals surface area contributed by atoms with E-state index in [1.807, 2.05) is 55.5 Å². The number of anilines is 1. The number of hydrogen-bond acceptors (Lipinski definition) is 5. The summed E-state index contributed by atoms with van der Waals surface area (Å²) >= 11 is 4.76. The van der Waals surface area contributed by atoms with Gasteiger partial charge in [0.15, 0.2) is 0 Å². The number of nitrogens with one attached hydrogen (secondary N) is 1. The first kappa shape index (κ1) is 21.8. The number of benzene rings is 2. The Labute approximate surface area is 187 Å². The van der Waals surface area contributed by atoms with Crippen LogP contribution in [-0.2, 0) is 9.53 Å². The first-order valence-electron chi connectivity index (χ1n) is 9.03. The summed E-state index contributed by atoms with van der Waals surface area (Å²) in [7, 11) is 2.93. The van der Waals surface area contributed by atoms with E-state index in [1.54, 1.807) is 13.2 Å². The van der Waals surface area contributed by atoms with E-state index in [4.69, 9.17) is 9.47 Å². The number of ether oxygens (including phenoxy) is 2. The summed E-state index contributed by atoms with van der Waals surface area (Å²) in [5.74, 6) is -0.0832. The molecule has 1 aromatic heterocycles. The van der Waals surface area contributed by atoms with Gasteiger partial charge < -0.3 is 14.8 Å². The smallest absolute Gasteiger partial charge is 0.341 e. The highest BCUT2D eigenvalue weighted by Crippen LogP contribution is 2.40. The molecule has 154 valence electrons. The van der Waals surface area contributed by atoms with Crippen LogP contribution in [-0.4, -0.2) is 26.1 Å². The van der Waals surface area contributed by atoms with Gasteiger partial charge in [-0.05, 0) is 48.4 Å². The van der Waals surface area contributed by atoms with E-state index in [2.05, 4.69) is 21.2 Å². The van der Waals surface area contributed by atoms with Crippen LogP contribution in [0.4, 0.5) is 5.00 Å². The van der Waals surface area contributed by atoms with Crippen molar-refractivity contribution in [3.8, 4) is 16.9 Å². The first-order valence-corrected chi connectivity index (χ1v) is 10.6. The predicted molar refractivity (Wildman–Crippen MR) is 124 cm³/mol. The Morgan fingerprint density at radius 2 is 1.70 bits per heavy atom. The number of halogens is 1. The van der Waals surface area contributed by atoms with Gasteiger partial charge in [0.1, 0.15) is 16.3 Å². The van der Waals surface area contributed by atoms with E-state index in [9.17, 15) is 9.59 Å². The van der Waals surface area contributed by atoms with Crippen molar-refractivity contribution in [2.24, 2.45) is 0 Å². The number of rotatable bonds is 6. The standard InChI is InChI=1S/C23H20BrNO4S/c1-14-20(16-7-9-17(24)10-8-16)21(23(27)29-3)22(30-14)25-19(26)13-6-15-4-11-18(28-2)12-5-15/h4-13H,1-3H3,(H,25,26)/b13-6+. The van der Waals surface area contributed by atoms with Crippen LogP contribution in [0.3, 0.4) is 0 Å². The molecule has 0 aliphatic heterocycles. The Bertz CT molecular complexity index is 1090. The lowest BCUT2D eigenvalue weighted by Crippen LogP contribution is -2.11. The Balaban J connectivity index is 1.88. The third kappa shape index (κ3) is 4.98. The van der Waals surface area contributed by atoms with Gasteiger partial charge in [0.25, 0.3) is 0 Å². The van der Waals surface area contributed by atoms with Crippen LogP contribution in [0.2, 0.25) is 0 Å². The fourth-order valence-electron chi connectivity index (χ4n) is 2.93. The lowest BCUT2D eigenvalue weighted by Gasteiger charge is -2.07. The molecule has 0 unspecified atom stereocenters. The third-order valence-electron chi connectivity index (χ3n) is 4.39. The number of carbonyl (C=O) groups is 2. The van der Waals surface area contributed by atoms with E-state index in [0.29, 0.717) is 10.6 Å². The zero-order chi connectivity index (χ0) is 21.7. The van der Waals surface area contributed by atoms with Crippen molar-refractivity contribution >= 4 is 50.2 Å². The quantitative estimate of drug-likeness (QED) is 0.346. The molecule has 0 bridgehead atoms. The van der Waals surface area contributed by atoms with Crippen molar-refractivity contribution in [2.45, 2.75) is 6.92 Å². The Hall–Kier alpha value is -2.90. The predicted octanol–water partition coefficient (Wildman–Crippen LogP) is 5.93. The number of methoxy groups -OCH3 is 2. The summed E-state index contributed by atoms with van der Waals surface area (Å²) in [4.78, 5) is 25.9. The molecule has 0 aliphatic rings. The van der Waals surface area contributed by atoms with E-state index in [0.717, 1.165) is 31.8 Å².